The van der Waals surface area contributed by atoms with Crippen molar-refractivity contribution >= 4 is 34.9 Å². The van der Waals surface area contributed by atoms with E-state index >= 15 is 0 Å². The molecule has 0 bridgehead atoms. The average molecular weight is 527 g/mol. The van der Waals surface area contributed by atoms with Crippen LogP contribution in [0.25, 0.3) is 31.2 Å². The number of rotatable bonds is 5. The molecule has 0 saturated carbocycles. The molecule has 0 radical (unpaired) electrons. The van der Waals surface area contributed by atoms with E-state index in [9.17, 15) is 19.8 Å². The molecule has 2 aliphatic heterocycles. The molecule has 36 heavy (non-hydrogen) atoms. The van der Waals surface area contributed by atoms with E-state index in [2.05, 4.69) is 29.9 Å². The Morgan fingerprint density at radius 3 is 1.61 bits per heavy atom. The number of carboxylic acid groups (broad SMARTS) is 2. The van der Waals surface area contributed by atoms with Gasteiger partial charge in [-0.05, 0) is 25.7 Å². The Kier molecular flexibility index (Phi) is 5.68. The minimum Gasteiger partial charge on any atom is -0.465 e. The van der Waals surface area contributed by atoms with E-state index in [-0.39, 0.29) is 12.1 Å². The van der Waals surface area contributed by atoms with Gasteiger partial charge in [0.05, 0.1) is 45.6 Å². The van der Waals surface area contributed by atoms with Gasteiger partial charge >= 0.3 is 12.2 Å². The number of carbonyl (C=O) groups is 2. The molecule has 2 aliphatic rings. The highest BCUT2D eigenvalue weighted by molar-refractivity contribution is 7.24. The zero-order valence-electron chi connectivity index (χ0n) is 18.9. The zero-order chi connectivity index (χ0) is 24.8. The predicted octanol–water partition coefficient (Wildman–Crippen LogP) is 4.68. The second-order valence-corrected chi connectivity index (χ2v) is 10.8. The predicted molar refractivity (Wildman–Crippen MR) is 132 cm³/mol. The molecule has 14 heteroatoms. The molecule has 2 saturated heterocycles. The smallest absolute Gasteiger partial charge is 0.407 e. The van der Waals surface area contributed by atoms with Crippen LogP contribution in [0.15, 0.2) is 24.8 Å². The number of nitrogens with zero attached hydrogens (tertiary/aromatic N) is 6. The molecular weight excluding hydrogens is 504 g/mol. The Labute approximate surface area is 212 Å². The minimum atomic E-state index is -0.931. The maximum atomic E-state index is 11.5. The second-order valence-electron chi connectivity index (χ2n) is 8.69. The van der Waals surface area contributed by atoms with Crippen molar-refractivity contribution in [2.45, 2.75) is 37.8 Å². The molecule has 0 aliphatic carbocycles. The summed E-state index contributed by atoms with van der Waals surface area (Å²) in [6.45, 7) is 1.03. The third kappa shape index (κ3) is 4.01. The Morgan fingerprint density at radius 1 is 0.750 bits per heavy atom. The lowest BCUT2D eigenvalue weighted by Crippen LogP contribution is -2.29. The third-order valence-electron chi connectivity index (χ3n) is 6.53. The van der Waals surface area contributed by atoms with E-state index in [4.69, 9.17) is 0 Å². The van der Waals surface area contributed by atoms with Crippen molar-refractivity contribution in [1.29, 1.82) is 0 Å². The van der Waals surface area contributed by atoms with E-state index in [1.807, 2.05) is 0 Å². The number of hydrogen-bond acceptors (Lipinski definition) is 8. The number of aromatic nitrogens is 6. The summed E-state index contributed by atoms with van der Waals surface area (Å²) in [5.41, 5.74) is 1.50. The molecule has 6 rings (SSSR count). The Morgan fingerprint density at radius 2 is 1.19 bits per heavy atom. The lowest BCUT2D eigenvalue weighted by molar-refractivity contribution is 0.138. The van der Waals surface area contributed by atoms with E-state index in [1.165, 1.54) is 32.5 Å². The van der Waals surface area contributed by atoms with Gasteiger partial charge in [-0.1, -0.05) is 0 Å². The lowest BCUT2D eigenvalue weighted by atomic mass is 10.2. The number of aromatic amines is 2. The first-order valence-corrected chi connectivity index (χ1v) is 13.1. The van der Waals surface area contributed by atoms with Crippen LogP contribution in [0.1, 0.15) is 49.4 Å². The van der Waals surface area contributed by atoms with Gasteiger partial charge in [0.1, 0.15) is 21.7 Å². The molecule has 186 valence electrons. The van der Waals surface area contributed by atoms with Gasteiger partial charge < -0.3 is 20.2 Å². The first-order chi connectivity index (χ1) is 17.5. The van der Waals surface area contributed by atoms with Crippen LogP contribution in [0, 0.1) is 0 Å². The second kappa shape index (κ2) is 9.02. The van der Waals surface area contributed by atoms with Crippen LogP contribution in [0.5, 0.6) is 0 Å². The molecule has 4 aromatic heterocycles. The third-order valence-corrected chi connectivity index (χ3v) is 8.79. The van der Waals surface area contributed by atoms with Gasteiger partial charge in [0.25, 0.3) is 0 Å². The van der Waals surface area contributed by atoms with E-state index < -0.39 is 12.2 Å². The fourth-order valence-corrected chi connectivity index (χ4v) is 6.64. The van der Waals surface area contributed by atoms with Gasteiger partial charge in [0.15, 0.2) is 0 Å². The van der Waals surface area contributed by atoms with Gasteiger partial charge in [0.2, 0.25) is 0 Å². The average Bonchev–Trinajstić information content (AvgIpc) is 3.71. The van der Waals surface area contributed by atoms with E-state index in [0.717, 1.165) is 56.8 Å². The van der Waals surface area contributed by atoms with Gasteiger partial charge in [-0.3, -0.25) is 9.80 Å². The number of thiazole rings is 2. The summed E-state index contributed by atoms with van der Waals surface area (Å²) in [6, 6.07) is -0.517. The maximum Gasteiger partial charge on any atom is 0.407 e. The van der Waals surface area contributed by atoms with Crippen LogP contribution < -0.4 is 0 Å². The summed E-state index contributed by atoms with van der Waals surface area (Å²) < 4.78 is 0. The van der Waals surface area contributed by atoms with Gasteiger partial charge in [0, 0.05) is 25.5 Å². The van der Waals surface area contributed by atoms with Crippen molar-refractivity contribution in [1.82, 2.24) is 39.7 Å². The number of hydrogen-bond donors (Lipinski definition) is 4. The highest BCUT2D eigenvalue weighted by Crippen LogP contribution is 2.38. The van der Waals surface area contributed by atoms with Crippen LogP contribution in [0.3, 0.4) is 0 Å². The highest BCUT2D eigenvalue weighted by atomic mass is 32.1. The molecule has 2 fully saturated rings. The molecular formula is C22H22N8O4S2. The Balaban J connectivity index is 1.19. The van der Waals surface area contributed by atoms with Crippen molar-refractivity contribution in [3.05, 3.63) is 36.4 Å². The SMILES string of the molecule is O=C(O)N1CCC[C@H]1c1ncc(-c2ncc(-c3cnc(-c4cnc([C@@H]5CCCN5C(=O)O)[nH]4)s3)s2)[nH]1. The van der Waals surface area contributed by atoms with Crippen molar-refractivity contribution in [3.63, 3.8) is 0 Å². The van der Waals surface area contributed by atoms with Crippen molar-refractivity contribution < 1.29 is 19.8 Å². The molecule has 0 aromatic carbocycles. The Bertz CT molecular complexity index is 1320. The molecule has 2 amide bonds. The zero-order valence-corrected chi connectivity index (χ0v) is 20.6. The minimum absolute atomic E-state index is 0.258. The molecule has 2 atom stereocenters. The molecule has 4 aromatic rings. The summed E-state index contributed by atoms with van der Waals surface area (Å²) in [7, 11) is 0. The maximum absolute atomic E-state index is 11.5. The largest absolute Gasteiger partial charge is 0.465 e. The van der Waals surface area contributed by atoms with Crippen LogP contribution in [0.4, 0.5) is 9.59 Å². The molecule has 4 N–H and O–H groups in total. The fraction of sp³-hybridized carbons (Fsp3) is 0.364. The van der Waals surface area contributed by atoms with Crippen molar-refractivity contribution in [2.75, 3.05) is 13.1 Å². The van der Waals surface area contributed by atoms with Crippen molar-refractivity contribution in [2.24, 2.45) is 0 Å². The molecule has 0 unspecified atom stereocenters. The lowest BCUT2D eigenvalue weighted by Gasteiger charge is -2.19. The molecule has 6 heterocycles. The van der Waals surface area contributed by atoms with Gasteiger partial charge in [-0.25, -0.2) is 29.5 Å². The molecule has 0 spiro atoms. The van der Waals surface area contributed by atoms with Gasteiger partial charge in [-0.15, -0.1) is 22.7 Å². The summed E-state index contributed by atoms with van der Waals surface area (Å²) in [6.07, 6.45) is 8.24. The standard InChI is InChI=1S/C22H22N8O4S2/c31-21(32)29-5-1-3-13(29)17-23-7-11(27-17)19-25-9-15(35-19)16-10-26-20(36-16)12-8-24-18(28-12)14-4-2-6-30(14)22(33)34/h7-10,13-14H,1-6H2,(H,23,27)(H,24,28)(H,31,32)(H,33,34)/t13-,14-/m0/s1. The number of nitrogens with one attached hydrogen (secondary N) is 2. The highest BCUT2D eigenvalue weighted by Gasteiger charge is 2.33. The topological polar surface area (TPSA) is 164 Å². The first kappa shape index (κ1) is 22.7. The number of imidazole rings is 2. The van der Waals surface area contributed by atoms with Crippen molar-refractivity contribution in [3.8, 4) is 31.2 Å². The summed E-state index contributed by atoms with van der Waals surface area (Å²) in [5, 5.41) is 20.3. The monoisotopic (exact) mass is 526 g/mol. The van der Waals surface area contributed by atoms with Crippen LogP contribution >= 0.6 is 22.7 Å². The quantitative estimate of drug-likeness (QED) is 0.291. The van der Waals surface area contributed by atoms with Crippen LogP contribution in [-0.2, 0) is 0 Å². The van der Waals surface area contributed by atoms with E-state index in [1.54, 1.807) is 24.8 Å². The fourth-order valence-electron chi connectivity index (χ4n) is 4.81. The summed E-state index contributed by atoms with van der Waals surface area (Å²) >= 11 is 3.00. The normalized spacial score (nSPS) is 19.9. The molecule has 12 nitrogen and oxygen atoms in total. The van der Waals surface area contributed by atoms with E-state index in [0.29, 0.717) is 24.7 Å². The number of H-pyrrole nitrogens is 2. The Hall–Kier alpha value is -3.78. The van der Waals surface area contributed by atoms with Gasteiger partial charge in [-0.2, -0.15) is 0 Å². The summed E-state index contributed by atoms with van der Waals surface area (Å²) in [5.74, 6) is 1.28. The number of likely N-dealkylation sites (tertiary alicyclic amines) is 2. The summed E-state index contributed by atoms with van der Waals surface area (Å²) in [4.78, 5) is 52.1. The first-order valence-electron chi connectivity index (χ1n) is 11.5. The van der Waals surface area contributed by atoms with Crippen LogP contribution in [-0.4, -0.2) is 75.2 Å². The van der Waals surface area contributed by atoms with Crippen LogP contribution in [0.2, 0.25) is 0 Å². The number of amides is 2.